The fourth-order valence-electron chi connectivity index (χ4n) is 6.09. The minimum absolute atomic E-state index is 0.00715. The highest BCUT2D eigenvalue weighted by Gasteiger charge is 2.49. The highest BCUT2D eigenvalue weighted by Crippen LogP contribution is 2.48. The predicted octanol–water partition coefficient (Wildman–Crippen LogP) is 2.76. The minimum Gasteiger partial charge on any atom is -0.486 e. The van der Waals surface area contributed by atoms with Gasteiger partial charge in [-0.3, -0.25) is 4.79 Å². The maximum absolute atomic E-state index is 13.0. The molecule has 3 aliphatic carbocycles. The maximum Gasteiger partial charge on any atom is 0.224 e. The summed E-state index contributed by atoms with van der Waals surface area (Å²) in [5.41, 5.74) is 7.65. The minimum atomic E-state index is 0.00715. The molecule has 0 aromatic heterocycles. The maximum atomic E-state index is 13.0. The first kappa shape index (κ1) is 17.4. The molecular weight excluding hydrogens is 340 g/mol. The van der Waals surface area contributed by atoms with Crippen molar-refractivity contribution in [3.63, 3.8) is 0 Å². The van der Waals surface area contributed by atoms with Gasteiger partial charge < -0.3 is 20.5 Å². The summed E-state index contributed by atoms with van der Waals surface area (Å²) < 4.78 is 11.5. The van der Waals surface area contributed by atoms with Gasteiger partial charge in [0.15, 0.2) is 11.5 Å². The molecular formula is C22H30N2O3. The van der Waals surface area contributed by atoms with Crippen molar-refractivity contribution in [1.82, 2.24) is 5.32 Å². The lowest BCUT2D eigenvalue weighted by Gasteiger charge is -2.33. The van der Waals surface area contributed by atoms with Crippen LogP contribution in [0.5, 0.6) is 11.5 Å². The lowest BCUT2D eigenvalue weighted by atomic mass is 9.78. The van der Waals surface area contributed by atoms with E-state index in [9.17, 15) is 4.79 Å². The van der Waals surface area contributed by atoms with Crippen LogP contribution in [0.2, 0.25) is 0 Å². The van der Waals surface area contributed by atoms with Crippen LogP contribution in [0.15, 0.2) is 18.2 Å². The van der Waals surface area contributed by atoms with Crippen LogP contribution in [-0.4, -0.2) is 31.7 Å². The average Bonchev–Trinajstić information content (AvgIpc) is 3.42. The summed E-state index contributed by atoms with van der Waals surface area (Å²) in [5.74, 6) is 2.92. The Morgan fingerprint density at radius 2 is 1.85 bits per heavy atom. The van der Waals surface area contributed by atoms with E-state index in [1.165, 1.54) is 31.2 Å². The van der Waals surface area contributed by atoms with Gasteiger partial charge in [0.2, 0.25) is 5.91 Å². The number of hydrogen-bond donors (Lipinski definition) is 2. The number of ether oxygens (including phenoxy) is 2. The molecule has 4 aliphatic rings. The number of carbonyl (C=O) groups is 1. The molecule has 4 unspecified atom stereocenters. The van der Waals surface area contributed by atoms with Crippen LogP contribution < -0.4 is 20.5 Å². The molecule has 4 atom stereocenters. The molecule has 2 bridgehead atoms. The molecule has 146 valence electrons. The third-order valence-corrected chi connectivity index (χ3v) is 7.60. The van der Waals surface area contributed by atoms with E-state index >= 15 is 0 Å². The van der Waals surface area contributed by atoms with E-state index < -0.39 is 0 Å². The summed E-state index contributed by atoms with van der Waals surface area (Å²) in [6.45, 7) is 1.91. The third kappa shape index (κ3) is 2.91. The van der Waals surface area contributed by atoms with Crippen LogP contribution in [-0.2, 0) is 10.2 Å². The zero-order valence-corrected chi connectivity index (χ0v) is 15.9. The van der Waals surface area contributed by atoms with Crippen LogP contribution in [0, 0.1) is 17.8 Å². The number of benzene rings is 1. The van der Waals surface area contributed by atoms with Gasteiger partial charge in [0, 0.05) is 18.0 Å². The number of nitrogens with one attached hydrogen (secondary N) is 1. The summed E-state index contributed by atoms with van der Waals surface area (Å²) in [5, 5.41) is 3.31. The first-order chi connectivity index (χ1) is 13.2. The van der Waals surface area contributed by atoms with Gasteiger partial charge in [-0.05, 0) is 61.6 Å². The van der Waals surface area contributed by atoms with Crippen molar-refractivity contribution in [2.45, 2.75) is 56.4 Å². The molecule has 3 N–H and O–H groups in total. The van der Waals surface area contributed by atoms with Crippen molar-refractivity contribution in [1.29, 1.82) is 0 Å². The fourth-order valence-corrected chi connectivity index (χ4v) is 6.09. The molecule has 3 saturated carbocycles. The van der Waals surface area contributed by atoms with Gasteiger partial charge >= 0.3 is 0 Å². The largest absolute Gasteiger partial charge is 0.486 e. The van der Waals surface area contributed by atoms with E-state index in [1.54, 1.807) is 0 Å². The average molecular weight is 370 g/mol. The molecule has 5 rings (SSSR count). The molecule has 1 aromatic rings. The third-order valence-electron chi connectivity index (χ3n) is 7.60. The van der Waals surface area contributed by atoms with Crippen LogP contribution in [0.1, 0.15) is 50.5 Å². The van der Waals surface area contributed by atoms with E-state index in [0.29, 0.717) is 31.6 Å². The van der Waals surface area contributed by atoms with Gasteiger partial charge in [0.05, 0.1) is 5.92 Å². The zero-order valence-electron chi connectivity index (χ0n) is 15.9. The van der Waals surface area contributed by atoms with Crippen molar-refractivity contribution >= 4 is 5.91 Å². The van der Waals surface area contributed by atoms with Gasteiger partial charge in [-0.25, -0.2) is 0 Å². The lowest BCUT2D eigenvalue weighted by molar-refractivity contribution is -0.127. The molecule has 0 radical (unpaired) electrons. The Kier molecular flexibility index (Phi) is 4.30. The van der Waals surface area contributed by atoms with E-state index in [-0.39, 0.29) is 23.3 Å². The number of amides is 1. The molecule has 27 heavy (non-hydrogen) atoms. The predicted molar refractivity (Wildman–Crippen MR) is 103 cm³/mol. The molecule has 0 spiro atoms. The second kappa shape index (κ2) is 6.69. The molecule has 1 amide bonds. The van der Waals surface area contributed by atoms with Gasteiger partial charge in [-0.15, -0.1) is 0 Å². The topological polar surface area (TPSA) is 73.6 Å². The number of hydrogen-bond acceptors (Lipinski definition) is 4. The Morgan fingerprint density at radius 1 is 1.11 bits per heavy atom. The smallest absolute Gasteiger partial charge is 0.224 e. The van der Waals surface area contributed by atoms with Crippen molar-refractivity contribution < 1.29 is 14.3 Å². The Bertz CT molecular complexity index is 726. The number of carbonyl (C=O) groups excluding carboxylic acids is 1. The van der Waals surface area contributed by atoms with E-state index in [2.05, 4.69) is 17.4 Å². The summed E-state index contributed by atoms with van der Waals surface area (Å²) in [6.07, 6.45) is 8.15. The lowest BCUT2D eigenvalue weighted by Crippen LogP contribution is -2.48. The molecule has 5 nitrogen and oxygen atoms in total. The van der Waals surface area contributed by atoms with Gasteiger partial charge in [0.25, 0.3) is 0 Å². The number of rotatable bonds is 4. The first-order valence-corrected chi connectivity index (χ1v) is 10.6. The van der Waals surface area contributed by atoms with Crippen LogP contribution in [0.3, 0.4) is 0 Å². The van der Waals surface area contributed by atoms with Crippen LogP contribution in [0.25, 0.3) is 0 Å². The molecule has 0 saturated heterocycles. The van der Waals surface area contributed by atoms with Crippen LogP contribution >= 0.6 is 0 Å². The highest BCUT2D eigenvalue weighted by atomic mass is 16.6. The Labute approximate surface area is 161 Å². The van der Waals surface area contributed by atoms with Gasteiger partial charge in [-0.2, -0.15) is 0 Å². The summed E-state index contributed by atoms with van der Waals surface area (Å²) >= 11 is 0. The van der Waals surface area contributed by atoms with Gasteiger partial charge in [-0.1, -0.05) is 18.9 Å². The van der Waals surface area contributed by atoms with Crippen molar-refractivity contribution in [2.24, 2.45) is 23.5 Å². The van der Waals surface area contributed by atoms with E-state index in [0.717, 1.165) is 30.8 Å². The zero-order chi connectivity index (χ0) is 18.4. The Hall–Kier alpha value is -1.75. The highest BCUT2D eigenvalue weighted by molar-refractivity contribution is 5.80. The SMILES string of the molecule is NC1C2CCC(C2)C1C(=O)NCC1(c2ccc3c(c2)OCCO3)CCCC1. The molecule has 5 heteroatoms. The normalized spacial score (nSPS) is 33.2. The summed E-state index contributed by atoms with van der Waals surface area (Å²) in [7, 11) is 0. The first-order valence-electron chi connectivity index (χ1n) is 10.6. The number of nitrogens with two attached hydrogens (primary N) is 1. The second-order valence-corrected chi connectivity index (χ2v) is 9.00. The Balaban J connectivity index is 1.33. The number of fused-ring (bicyclic) bond motifs is 3. The van der Waals surface area contributed by atoms with Crippen molar-refractivity contribution in [3.05, 3.63) is 23.8 Å². The quantitative estimate of drug-likeness (QED) is 0.855. The van der Waals surface area contributed by atoms with Gasteiger partial charge in [0.1, 0.15) is 13.2 Å². The van der Waals surface area contributed by atoms with Crippen molar-refractivity contribution in [3.8, 4) is 11.5 Å². The Morgan fingerprint density at radius 3 is 2.59 bits per heavy atom. The van der Waals surface area contributed by atoms with Crippen LogP contribution in [0.4, 0.5) is 0 Å². The molecule has 1 aliphatic heterocycles. The van der Waals surface area contributed by atoms with E-state index in [4.69, 9.17) is 15.2 Å². The summed E-state index contributed by atoms with van der Waals surface area (Å²) in [4.78, 5) is 13.0. The second-order valence-electron chi connectivity index (χ2n) is 9.00. The molecule has 1 aromatic carbocycles. The van der Waals surface area contributed by atoms with E-state index in [1.807, 2.05) is 6.07 Å². The van der Waals surface area contributed by atoms with Crippen molar-refractivity contribution in [2.75, 3.05) is 19.8 Å². The molecule has 3 fully saturated rings. The molecule has 1 heterocycles. The fraction of sp³-hybridized carbons (Fsp3) is 0.682. The standard InChI is InChI=1S/C22H30N2O3/c23-20-15-4-3-14(11-15)19(20)21(25)24-13-22(7-1-2-8-22)16-5-6-17-18(12-16)27-10-9-26-17/h5-6,12,14-15,19-20H,1-4,7-11,13,23H2,(H,24,25). The monoisotopic (exact) mass is 370 g/mol. The summed E-state index contributed by atoms with van der Waals surface area (Å²) in [6, 6.07) is 6.37.